The number of phenols is 1. The number of hydrogen-bond donors (Lipinski definition) is 3. The van der Waals surface area contributed by atoms with Crippen LogP contribution in [0.3, 0.4) is 0 Å². The van der Waals surface area contributed by atoms with E-state index >= 15 is 0 Å². The Bertz CT molecular complexity index is 451. The number of nitrogens with one attached hydrogen (secondary N) is 1. The number of anilines is 1. The van der Waals surface area contributed by atoms with Crippen LogP contribution in [0.4, 0.5) is 5.69 Å². The Morgan fingerprint density at radius 1 is 1.25 bits per heavy atom. The normalized spacial score (nSPS) is 10.3. The fraction of sp³-hybridized carbons (Fsp3) is 0.167. The molecule has 84 valence electrons. The standard InChI is InChI=1S/C12H13NO3/c14-8-9-3-4-10(6-12(9)15)13-7-11-2-1-5-16-11/h1-6,13-15H,7-8H2. The zero-order valence-corrected chi connectivity index (χ0v) is 8.68. The van der Waals surface area contributed by atoms with Gasteiger partial charge in [0.2, 0.25) is 0 Å². The Hall–Kier alpha value is -1.94. The molecule has 0 bridgehead atoms. The van der Waals surface area contributed by atoms with Crippen molar-refractivity contribution in [2.45, 2.75) is 13.2 Å². The van der Waals surface area contributed by atoms with Crippen molar-refractivity contribution in [3.8, 4) is 5.75 Å². The summed E-state index contributed by atoms with van der Waals surface area (Å²) in [6.07, 6.45) is 1.61. The van der Waals surface area contributed by atoms with E-state index in [1.54, 1.807) is 24.5 Å². The lowest BCUT2D eigenvalue weighted by molar-refractivity contribution is 0.275. The molecule has 1 aromatic heterocycles. The van der Waals surface area contributed by atoms with Gasteiger partial charge in [0, 0.05) is 17.3 Å². The number of aliphatic hydroxyl groups is 1. The highest BCUT2D eigenvalue weighted by Crippen LogP contribution is 2.22. The molecule has 4 heteroatoms. The Morgan fingerprint density at radius 2 is 2.12 bits per heavy atom. The maximum atomic E-state index is 9.53. The molecular formula is C12H13NO3. The van der Waals surface area contributed by atoms with Crippen LogP contribution in [-0.4, -0.2) is 10.2 Å². The van der Waals surface area contributed by atoms with Gasteiger partial charge in [0.05, 0.1) is 19.4 Å². The predicted octanol–water partition coefficient (Wildman–Crippen LogP) is 2.09. The summed E-state index contributed by atoms with van der Waals surface area (Å²) in [7, 11) is 0. The maximum Gasteiger partial charge on any atom is 0.123 e. The van der Waals surface area contributed by atoms with E-state index in [4.69, 9.17) is 9.52 Å². The molecule has 0 saturated heterocycles. The second-order valence-corrected chi connectivity index (χ2v) is 3.43. The first-order valence-electron chi connectivity index (χ1n) is 4.98. The molecule has 0 saturated carbocycles. The van der Waals surface area contributed by atoms with E-state index in [-0.39, 0.29) is 12.4 Å². The van der Waals surface area contributed by atoms with Gasteiger partial charge in [-0.05, 0) is 18.2 Å². The number of hydrogen-bond acceptors (Lipinski definition) is 4. The van der Waals surface area contributed by atoms with Gasteiger partial charge in [0.15, 0.2) is 0 Å². The molecule has 0 unspecified atom stereocenters. The first kappa shape index (κ1) is 10.6. The molecule has 3 N–H and O–H groups in total. The average Bonchev–Trinajstić information content (AvgIpc) is 2.79. The van der Waals surface area contributed by atoms with Gasteiger partial charge >= 0.3 is 0 Å². The summed E-state index contributed by atoms with van der Waals surface area (Å²) in [5, 5.41) is 21.5. The quantitative estimate of drug-likeness (QED) is 0.736. The first-order chi connectivity index (χ1) is 7.79. The minimum absolute atomic E-state index is 0.0898. The molecule has 0 spiro atoms. The Morgan fingerprint density at radius 3 is 2.75 bits per heavy atom. The molecule has 2 aromatic rings. The zero-order chi connectivity index (χ0) is 11.4. The van der Waals surface area contributed by atoms with Crippen molar-refractivity contribution in [3.05, 3.63) is 47.9 Å². The van der Waals surface area contributed by atoms with Crippen LogP contribution in [0, 0.1) is 0 Å². The Kier molecular flexibility index (Phi) is 3.12. The van der Waals surface area contributed by atoms with Crippen molar-refractivity contribution < 1.29 is 14.6 Å². The van der Waals surface area contributed by atoms with Crippen LogP contribution in [0.15, 0.2) is 41.0 Å². The van der Waals surface area contributed by atoms with Crippen molar-refractivity contribution in [1.29, 1.82) is 0 Å². The molecule has 0 radical (unpaired) electrons. The molecular weight excluding hydrogens is 206 g/mol. The van der Waals surface area contributed by atoms with Crippen LogP contribution in [0.2, 0.25) is 0 Å². The summed E-state index contributed by atoms with van der Waals surface area (Å²) in [5.41, 5.74) is 1.30. The average molecular weight is 219 g/mol. The van der Waals surface area contributed by atoms with Crippen LogP contribution in [0.1, 0.15) is 11.3 Å². The molecule has 0 atom stereocenters. The number of benzene rings is 1. The van der Waals surface area contributed by atoms with Gasteiger partial charge in [-0.1, -0.05) is 6.07 Å². The molecule has 2 rings (SSSR count). The highest BCUT2D eigenvalue weighted by Gasteiger charge is 2.01. The second kappa shape index (κ2) is 4.72. The third-order valence-electron chi connectivity index (χ3n) is 2.30. The molecule has 4 nitrogen and oxygen atoms in total. The van der Waals surface area contributed by atoms with Crippen molar-refractivity contribution in [1.82, 2.24) is 0 Å². The first-order valence-corrected chi connectivity index (χ1v) is 4.98. The molecule has 0 aliphatic heterocycles. The minimum Gasteiger partial charge on any atom is -0.508 e. The molecule has 16 heavy (non-hydrogen) atoms. The molecule has 1 heterocycles. The zero-order valence-electron chi connectivity index (χ0n) is 8.68. The molecule has 0 aliphatic rings. The fourth-order valence-electron chi connectivity index (χ4n) is 1.41. The van der Waals surface area contributed by atoms with Crippen LogP contribution in [0.25, 0.3) is 0 Å². The van der Waals surface area contributed by atoms with Gasteiger partial charge in [0.1, 0.15) is 11.5 Å². The topological polar surface area (TPSA) is 65.6 Å². The SMILES string of the molecule is OCc1ccc(NCc2ccco2)cc1O. The number of rotatable bonds is 4. The van der Waals surface area contributed by atoms with E-state index in [2.05, 4.69) is 5.32 Å². The highest BCUT2D eigenvalue weighted by molar-refractivity contribution is 5.51. The summed E-state index contributed by atoms with van der Waals surface area (Å²) in [5.74, 6) is 0.915. The van der Waals surface area contributed by atoms with E-state index in [0.717, 1.165) is 11.4 Å². The summed E-state index contributed by atoms with van der Waals surface area (Å²) >= 11 is 0. The number of aromatic hydroxyl groups is 1. The molecule has 0 aliphatic carbocycles. The Labute approximate surface area is 93.2 Å². The van der Waals surface area contributed by atoms with E-state index in [1.807, 2.05) is 12.1 Å². The monoisotopic (exact) mass is 219 g/mol. The van der Waals surface area contributed by atoms with Gasteiger partial charge in [0.25, 0.3) is 0 Å². The summed E-state index contributed by atoms with van der Waals surface area (Å²) in [6, 6.07) is 8.75. The second-order valence-electron chi connectivity index (χ2n) is 3.43. The lowest BCUT2D eigenvalue weighted by Crippen LogP contribution is -1.98. The van der Waals surface area contributed by atoms with Crippen LogP contribution in [-0.2, 0) is 13.2 Å². The van der Waals surface area contributed by atoms with Crippen molar-refractivity contribution in [3.63, 3.8) is 0 Å². The number of furan rings is 1. The van der Waals surface area contributed by atoms with Gasteiger partial charge in [-0.25, -0.2) is 0 Å². The third-order valence-corrected chi connectivity index (χ3v) is 2.30. The van der Waals surface area contributed by atoms with Crippen LogP contribution in [0.5, 0.6) is 5.75 Å². The van der Waals surface area contributed by atoms with Crippen LogP contribution >= 0.6 is 0 Å². The smallest absolute Gasteiger partial charge is 0.123 e. The van der Waals surface area contributed by atoms with Gasteiger partial charge < -0.3 is 19.9 Å². The summed E-state index contributed by atoms with van der Waals surface area (Å²) < 4.78 is 5.17. The van der Waals surface area contributed by atoms with Gasteiger partial charge in [-0.2, -0.15) is 0 Å². The van der Waals surface area contributed by atoms with E-state index in [9.17, 15) is 5.11 Å². The van der Waals surface area contributed by atoms with Crippen molar-refractivity contribution in [2.24, 2.45) is 0 Å². The fourth-order valence-corrected chi connectivity index (χ4v) is 1.41. The number of aliphatic hydroxyl groups excluding tert-OH is 1. The lowest BCUT2D eigenvalue weighted by atomic mass is 10.2. The van der Waals surface area contributed by atoms with Crippen molar-refractivity contribution in [2.75, 3.05) is 5.32 Å². The van der Waals surface area contributed by atoms with E-state index < -0.39 is 0 Å². The van der Waals surface area contributed by atoms with Gasteiger partial charge in [-0.3, -0.25) is 0 Å². The Balaban J connectivity index is 2.02. The van der Waals surface area contributed by atoms with Crippen LogP contribution < -0.4 is 5.32 Å². The van der Waals surface area contributed by atoms with E-state index in [1.165, 1.54) is 0 Å². The predicted molar refractivity (Wildman–Crippen MR) is 60.1 cm³/mol. The summed E-state index contributed by atoms with van der Waals surface area (Å²) in [4.78, 5) is 0. The van der Waals surface area contributed by atoms with E-state index in [0.29, 0.717) is 12.1 Å². The third kappa shape index (κ3) is 2.35. The van der Waals surface area contributed by atoms with Crippen molar-refractivity contribution >= 4 is 5.69 Å². The summed E-state index contributed by atoms with van der Waals surface area (Å²) in [6.45, 7) is 0.398. The van der Waals surface area contributed by atoms with Gasteiger partial charge in [-0.15, -0.1) is 0 Å². The molecule has 1 aromatic carbocycles. The highest BCUT2D eigenvalue weighted by atomic mass is 16.3. The maximum absolute atomic E-state index is 9.53. The largest absolute Gasteiger partial charge is 0.508 e. The molecule has 0 fully saturated rings. The lowest BCUT2D eigenvalue weighted by Gasteiger charge is -2.07. The molecule has 0 amide bonds. The minimum atomic E-state index is -0.162.